The minimum atomic E-state index is -0.467. The number of halogens is 1. The number of rotatable bonds is 5. The van der Waals surface area contributed by atoms with Gasteiger partial charge in [-0.25, -0.2) is 9.78 Å². The molecule has 0 atom stereocenters. The molecule has 0 aliphatic heterocycles. The number of hydrogen-bond acceptors (Lipinski definition) is 6. The summed E-state index contributed by atoms with van der Waals surface area (Å²) in [4.78, 5) is 22.8. The highest BCUT2D eigenvalue weighted by molar-refractivity contribution is 14.0. The number of anilines is 1. The summed E-state index contributed by atoms with van der Waals surface area (Å²) >= 11 is 1.63. The van der Waals surface area contributed by atoms with Crippen molar-refractivity contribution >= 4 is 52.5 Å². The number of ether oxygens (including phenoxy) is 1. The molecule has 0 spiro atoms. The van der Waals surface area contributed by atoms with Gasteiger partial charge in [-0.15, -0.1) is 35.3 Å². The van der Waals surface area contributed by atoms with Crippen molar-refractivity contribution in [3.05, 3.63) is 11.1 Å². The SMILES string of the molecule is CN=C(NCc1csc(N(C)C)n1)NC1CCC(NC(=O)OC(C)(C)C)CC1.I. The van der Waals surface area contributed by atoms with Gasteiger partial charge < -0.3 is 25.6 Å². The Labute approximate surface area is 195 Å². The van der Waals surface area contributed by atoms with Crippen LogP contribution in [0.25, 0.3) is 0 Å². The normalized spacial score (nSPS) is 19.7. The third kappa shape index (κ3) is 9.37. The van der Waals surface area contributed by atoms with Crippen molar-refractivity contribution in [1.29, 1.82) is 0 Å². The summed E-state index contributed by atoms with van der Waals surface area (Å²) in [5, 5.41) is 12.8. The zero-order chi connectivity index (χ0) is 20.7. The molecule has 1 amide bonds. The standard InChI is InChI=1S/C19H34N6O2S.HI/c1-19(2,3)27-18(26)24-14-9-7-13(8-10-14)22-16(20-4)21-11-15-12-28-17(23-15)25(5)6;/h12-14H,7-11H2,1-6H3,(H,24,26)(H2,20,21,22);1H. The van der Waals surface area contributed by atoms with Gasteiger partial charge in [-0.1, -0.05) is 0 Å². The van der Waals surface area contributed by atoms with E-state index in [1.165, 1.54) is 0 Å². The zero-order valence-electron chi connectivity index (χ0n) is 18.2. The minimum absolute atomic E-state index is 0. The van der Waals surface area contributed by atoms with Gasteiger partial charge in [0, 0.05) is 38.6 Å². The number of carbonyl (C=O) groups excluding carboxylic acids is 1. The van der Waals surface area contributed by atoms with Gasteiger partial charge in [0.25, 0.3) is 0 Å². The van der Waals surface area contributed by atoms with Crippen LogP contribution in [0.4, 0.5) is 9.93 Å². The first-order valence-electron chi connectivity index (χ1n) is 9.74. The lowest BCUT2D eigenvalue weighted by Gasteiger charge is -2.31. The third-order valence-electron chi connectivity index (χ3n) is 4.37. The van der Waals surface area contributed by atoms with E-state index in [1.54, 1.807) is 18.4 Å². The Morgan fingerprint density at radius 1 is 1.24 bits per heavy atom. The van der Waals surface area contributed by atoms with Crippen LogP contribution in [0, 0.1) is 0 Å². The number of aromatic nitrogens is 1. The van der Waals surface area contributed by atoms with Crippen LogP contribution in [-0.4, -0.2) is 55.9 Å². The number of nitrogens with one attached hydrogen (secondary N) is 3. The van der Waals surface area contributed by atoms with Gasteiger partial charge in [0.1, 0.15) is 5.60 Å². The van der Waals surface area contributed by atoms with Gasteiger partial charge in [-0.2, -0.15) is 0 Å². The molecule has 29 heavy (non-hydrogen) atoms. The quantitative estimate of drug-likeness (QED) is 0.303. The number of thiazole rings is 1. The van der Waals surface area contributed by atoms with Crippen molar-refractivity contribution in [2.24, 2.45) is 4.99 Å². The molecule has 3 N–H and O–H groups in total. The van der Waals surface area contributed by atoms with E-state index in [9.17, 15) is 4.79 Å². The van der Waals surface area contributed by atoms with Crippen molar-refractivity contribution in [1.82, 2.24) is 20.9 Å². The van der Waals surface area contributed by atoms with Crippen LogP contribution >= 0.6 is 35.3 Å². The van der Waals surface area contributed by atoms with Crippen LogP contribution in [0.5, 0.6) is 0 Å². The van der Waals surface area contributed by atoms with Gasteiger partial charge in [0.15, 0.2) is 11.1 Å². The average molecular weight is 539 g/mol. The van der Waals surface area contributed by atoms with Crippen molar-refractivity contribution in [2.75, 3.05) is 26.0 Å². The van der Waals surface area contributed by atoms with Gasteiger partial charge in [0.2, 0.25) is 0 Å². The molecule has 1 aromatic rings. The first kappa shape index (κ1) is 25.7. The highest BCUT2D eigenvalue weighted by atomic mass is 127. The van der Waals surface area contributed by atoms with Crippen LogP contribution in [0.2, 0.25) is 0 Å². The fourth-order valence-corrected chi connectivity index (χ4v) is 3.76. The number of hydrogen-bond donors (Lipinski definition) is 3. The Morgan fingerprint density at radius 2 is 1.83 bits per heavy atom. The Kier molecular flexibility index (Phi) is 10.4. The lowest BCUT2D eigenvalue weighted by atomic mass is 9.91. The van der Waals surface area contributed by atoms with Gasteiger partial charge in [0.05, 0.1) is 12.2 Å². The first-order chi connectivity index (χ1) is 13.2. The van der Waals surface area contributed by atoms with Crippen LogP contribution < -0.4 is 20.9 Å². The van der Waals surface area contributed by atoms with Crippen molar-refractivity contribution in [3.63, 3.8) is 0 Å². The number of guanidine groups is 1. The largest absolute Gasteiger partial charge is 0.444 e. The maximum Gasteiger partial charge on any atom is 0.407 e. The predicted molar refractivity (Wildman–Crippen MR) is 131 cm³/mol. The summed E-state index contributed by atoms with van der Waals surface area (Å²) in [6, 6.07) is 0.512. The molecule has 1 fully saturated rings. The molecule has 1 aliphatic carbocycles. The average Bonchev–Trinajstić information content (AvgIpc) is 3.07. The van der Waals surface area contributed by atoms with Crippen LogP contribution in [0.3, 0.4) is 0 Å². The Bertz CT molecular complexity index is 666. The Morgan fingerprint density at radius 3 is 2.31 bits per heavy atom. The summed E-state index contributed by atoms with van der Waals surface area (Å²) in [7, 11) is 5.76. The van der Waals surface area contributed by atoms with E-state index in [0.29, 0.717) is 12.6 Å². The summed E-state index contributed by atoms with van der Waals surface area (Å²) in [5.74, 6) is 0.781. The van der Waals surface area contributed by atoms with E-state index in [1.807, 2.05) is 39.8 Å². The highest BCUT2D eigenvalue weighted by Crippen LogP contribution is 2.20. The fraction of sp³-hybridized carbons (Fsp3) is 0.737. The van der Waals surface area contributed by atoms with E-state index in [2.05, 4.69) is 31.3 Å². The van der Waals surface area contributed by atoms with Crippen LogP contribution in [0.1, 0.15) is 52.1 Å². The summed E-state index contributed by atoms with van der Waals surface area (Å²) in [5.41, 5.74) is 0.535. The van der Waals surface area contributed by atoms with E-state index in [4.69, 9.17) is 4.74 Å². The highest BCUT2D eigenvalue weighted by Gasteiger charge is 2.25. The van der Waals surface area contributed by atoms with E-state index in [0.717, 1.165) is 42.5 Å². The Balaban J connectivity index is 0.00000420. The second-order valence-electron chi connectivity index (χ2n) is 8.28. The van der Waals surface area contributed by atoms with Crippen LogP contribution in [-0.2, 0) is 11.3 Å². The monoisotopic (exact) mass is 538 g/mol. The fourth-order valence-electron chi connectivity index (χ4n) is 3.00. The Hall–Kier alpha value is -1.30. The summed E-state index contributed by atoms with van der Waals surface area (Å²) in [6.45, 7) is 6.26. The van der Waals surface area contributed by atoms with Gasteiger partial charge in [-0.05, 0) is 46.5 Å². The number of alkyl carbamates (subject to hydrolysis) is 1. The molecule has 0 unspecified atom stereocenters. The van der Waals surface area contributed by atoms with Crippen molar-refractivity contribution < 1.29 is 9.53 Å². The predicted octanol–water partition coefficient (Wildman–Crippen LogP) is 3.33. The van der Waals surface area contributed by atoms with E-state index in [-0.39, 0.29) is 36.1 Å². The molecule has 2 rings (SSSR count). The molecular weight excluding hydrogens is 503 g/mol. The first-order valence-corrected chi connectivity index (χ1v) is 10.6. The number of aliphatic imine (C=N–C) groups is 1. The molecule has 0 radical (unpaired) electrons. The third-order valence-corrected chi connectivity index (χ3v) is 5.43. The number of nitrogens with zero attached hydrogens (tertiary/aromatic N) is 3. The van der Waals surface area contributed by atoms with Crippen LogP contribution in [0.15, 0.2) is 10.4 Å². The molecule has 8 nitrogen and oxygen atoms in total. The van der Waals surface area contributed by atoms with E-state index >= 15 is 0 Å². The molecule has 1 saturated carbocycles. The molecule has 1 aliphatic rings. The topological polar surface area (TPSA) is 90.9 Å². The summed E-state index contributed by atoms with van der Waals surface area (Å²) in [6.07, 6.45) is 3.46. The minimum Gasteiger partial charge on any atom is -0.444 e. The van der Waals surface area contributed by atoms with E-state index < -0.39 is 5.60 Å². The maximum absolute atomic E-state index is 11.9. The molecule has 1 aromatic heterocycles. The number of carbonyl (C=O) groups is 1. The molecule has 10 heteroatoms. The van der Waals surface area contributed by atoms with Crippen molar-refractivity contribution in [2.45, 2.75) is 70.7 Å². The van der Waals surface area contributed by atoms with Crippen molar-refractivity contribution in [3.8, 4) is 0 Å². The smallest absolute Gasteiger partial charge is 0.407 e. The molecule has 0 aromatic carbocycles. The second kappa shape index (κ2) is 11.8. The molecular formula is C19H35IN6O2S. The zero-order valence-corrected chi connectivity index (χ0v) is 21.4. The summed E-state index contributed by atoms with van der Waals surface area (Å²) < 4.78 is 5.34. The molecule has 1 heterocycles. The number of amides is 1. The second-order valence-corrected chi connectivity index (χ2v) is 9.12. The maximum atomic E-state index is 11.9. The lowest BCUT2D eigenvalue weighted by molar-refractivity contribution is 0.0490. The van der Waals surface area contributed by atoms with Gasteiger partial charge in [-0.3, -0.25) is 4.99 Å². The molecule has 0 saturated heterocycles. The van der Waals surface area contributed by atoms with Gasteiger partial charge >= 0.3 is 6.09 Å². The lowest BCUT2D eigenvalue weighted by Crippen LogP contribution is -2.47. The molecule has 0 bridgehead atoms. The molecule has 166 valence electrons.